The van der Waals surface area contributed by atoms with Crippen LogP contribution in [0.2, 0.25) is 0 Å². The van der Waals surface area contributed by atoms with Crippen molar-refractivity contribution in [2.45, 2.75) is 31.7 Å². The predicted octanol–water partition coefficient (Wildman–Crippen LogP) is 1.60. The molecule has 1 N–H and O–H groups in total. The highest BCUT2D eigenvalue weighted by molar-refractivity contribution is 5.78. The van der Waals surface area contributed by atoms with E-state index in [2.05, 4.69) is 5.32 Å². The standard InChI is InChI=1S/C19H26N2O4/c22-18-14-24-13-16(20-18)6-7-19(23)21-10-8-15(9-11-21)12-25-17-4-2-1-3-5-17/h1-5,15-16H,6-14H2,(H,20,22). The molecule has 3 rings (SSSR count). The number of morpholine rings is 1. The van der Waals surface area contributed by atoms with Crippen molar-refractivity contribution in [2.24, 2.45) is 5.92 Å². The molecule has 0 bridgehead atoms. The Bertz CT molecular complexity index is 570. The number of likely N-dealkylation sites (tertiary alicyclic amines) is 1. The highest BCUT2D eigenvalue weighted by atomic mass is 16.5. The second kappa shape index (κ2) is 8.85. The summed E-state index contributed by atoms with van der Waals surface area (Å²) in [4.78, 5) is 25.6. The number of hydrogen-bond acceptors (Lipinski definition) is 4. The molecule has 0 saturated carbocycles. The highest BCUT2D eigenvalue weighted by Gasteiger charge is 2.25. The lowest BCUT2D eigenvalue weighted by Gasteiger charge is -2.32. The second-order valence-electron chi connectivity index (χ2n) is 6.77. The van der Waals surface area contributed by atoms with Crippen molar-refractivity contribution in [2.75, 3.05) is 32.9 Å². The van der Waals surface area contributed by atoms with E-state index < -0.39 is 0 Å². The molecule has 0 radical (unpaired) electrons. The van der Waals surface area contributed by atoms with Gasteiger partial charge in [-0.15, -0.1) is 0 Å². The zero-order valence-corrected chi connectivity index (χ0v) is 14.5. The molecule has 6 nitrogen and oxygen atoms in total. The maximum atomic E-state index is 12.3. The van der Waals surface area contributed by atoms with E-state index in [-0.39, 0.29) is 24.5 Å². The van der Waals surface area contributed by atoms with Crippen molar-refractivity contribution in [1.82, 2.24) is 10.2 Å². The zero-order valence-electron chi connectivity index (χ0n) is 14.5. The van der Waals surface area contributed by atoms with E-state index in [0.29, 0.717) is 32.0 Å². The molecule has 2 fully saturated rings. The van der Waals surface area contributed by atoms with Gasteiger partial charge in [-0.1, -0.05) is 18.2 Å². The quantitative estimate of drug-likeness (QED) is 0.850. The van der Waals surface area contributed by atoms with Crippen LogP contribution in [0, 0.1) is 5.92 Å². The lowest BCUT2D eigenvalue weighted by Crippen LogP contribution is -2.46. The number of amides is 2. The molecule has 2 aliphatic heterocycles. The molecule has 6 heteroatoms. The minimum absolute atomic E-state index is 0.0398. The summed E-state index contributed by atoms with van der Waals surface area (Å²) in [5.41, 5.74) is 0. The van der Waals surface area contributed by atoms with E-state index in [1.807, 2.05) is 35.2 Å². The van der Waals surface area contributed by atoms with Crippen LogP contribution in [-0.4, -0.2) is 55.7 Å². The lowest BCUT2D eigenvalue weighted by atomic mass is 9.97. The van der Waals surface area contributed by atoms with Crippen LogP contribution in [0.15, 0.2) is 30.3 Å². The fourth-order valence-corrected chi connectivity index (χ4v) is 3.30. The van der Waals surface area contributed by atoms with Gasteiger partial charge in [-0.25, -0.2) is 0 Å². The fourth-order valence-electron chi connectivity index (χ4n) is 3.30. The minimum Gasteiger partial charge on any atom is -0.493 e. The van der Waals surface area contributed by atoms with Gasteiger partial charge in [0.2, 0.25) is 11.8 Å². The Hall–Kier alpha value is -2.08. The van der Waals surface area contributed by atoms with Crippen molar-refractivity contribution >= 4 is 11.8 Å². The fraction of sp³-hybridized carbons (Fsp3) is 0.579. The monoisotopic (exact) mass is 346 g/mol. The second-order valence-corrected chi connectivity index (χ2v) is 6.77. The first-order valence-corrected chi connectivity index (χ1v) is 9.03. The van der Waals surface area contributed by atoms with Gasteiger partial charge >= 0.3 is 0 Å². The maximum Gasteiger partial charge on any atom is 0.246 e. The number of carbonyl (C=O) groups excluding carboxylic acids is 2. The van der Waals surface area contributed by atoms with E-state index in [1.165, 1.54) is 0 Å². The molecular formula is C19H26N2O4. The van der Waals surface area contributed by atoms with E-state index >= 15 is 0 Å². The number of carbonyl (C=O) groups is 2. The third-order valence-electron chi connectivity index (χ3n) is 4.82. The van der Waals surface area contributed by atoms with Crippen molar-refractivity contribution in [3.63, 3.8) is 0 Å². The Balaban J connectivity index is 1.34. The highest BCUT2D eigenvalue weighted by Crippen LogP contribution is 2.20. The summed E-state index contributed by atoms with van der Waals surface area (Å²) in [5.74, 6) is 1.47. The van der Waals surface area contributed by atoms with Gasteiger partial charge in [0.05, 0.1) is 19.3 Å². The average molecular weight is 346 g/mol. The number of ether oxygens (including phenoxy) is 2. The first kappa shape index (κ1) is 17.7. The smallest absolute Gasteiger partial charge is 0.246 e. The molecule has 2 aliphatic rings. The summed E-state index contributed by atoms with van der Waals surface area (Å²) in [6.07, 6.45) is 3.05. The Morgan fingerprint density at radius 1 is 1.24 bits per heavy atom. The number of piperidine rings is 1. The molecule has 2 amide bonds. The number of nitrogens with one attached hydrogen (secondary N) is 1. The third kappa shape index (κ3) is 5.46. The summed E-state index contributed by atoms with van der Waals surface area (Å²) < 4.78 is 11.0. The minimum atomic E-state index is -0.0945. The summed E-state index contributed by atoms with van der Waals surface area (Å²) >= 11 is 0. The molecular weight excluding hydrogens is 320 g/mol. The van der Waals surface area contributed by atoms with Gasteiger partial charge < -0.3 is 19.7 Å². The lowest BCUT2D eigenvalue weighted by molar-refractivity contribution is -0.135. The summed E-state index contributed by atoms with van der Waals surface area (Å²) in [6, 6.07) is 9.80. The zero-order chi connectivity index (χ0) is 17.5. The van der Waals surface area contributed by atoms with Gasteiger partial charge in [-0.3, -0.25) is 9.59 Å². The van der Waals surface area contributed by atoms with Crippen LogP contribution < -0.4 is 10.1 Å². The Kier molecular flexibility index (Phi) is 6.28. The number of hydrogen-bond donors (Lipinski definition) is 1. The van der Waals surface area contributed by atoms with Crippen molar-refractivity contribution in [3.8, 4) is 5.75 Å². The Morgan fingerprint density at radius 2 is 2.00 bits per heavy atom. The van der Waals surface area contributed by atoms with Crippen LogP contribution in [0.5, 0.6) is 5.75 Å². The van der Waals surface area contributed by atoms with Crippen LogP contribution >= 0.6 is 0 Å². The van der Waals surface area contributed by atoms with Crippen molar-refractivity contribution in [1.29, 1.82) is 0 Å². The Labute approximate surface area is 148 Å². The van der Waals surface area contributed by atoms with Crippen LogP contribution in [0.25, 0.3) is 0 Å². The van der Waals surface area contributed by atoms with E-state index in [9.17, 15) is 9.59 Å². The first-order chi connectivity index (χ1) is 12.2. The molecule has 136 valence electrons. The molecule has 25 heavy (non-hydrogen) atoms. The normalized spacial score (nSPS) is 21.7. The van der Waals surface area contributed by atoms with E-state index in [1.54, 1.807) is 0 Å². The van der Waals surface area contributed by atoms with Crippen LogP contribution in [0.1, 0.15) is 25.7 Å². The molecule has 0 spiro atoms. The van der Waals surface area contributed by atoms with Gasteiger partial charge in [-0.05, 0) is 37.3 Å². The number of para-hydroxylation sites is 1. The van der Waals surface area contributed by atoms with E-state index in [0.717, 1.165) is 31.7 Å². The molecule has 1 unspecified atom stereocenters. The summed E-state index contributed by atoms with van der Waals surface area (Å²) in [6.45, 7) is 2.91. The average Bonchev–Trinajstić information content (AvgIpc) is 2.66. The van der Waals surface area contributed by atoms with Crippen LogP contribution in [-0.2, 0) is 14.3 Å². The largest absolute Gasteiger partial charge is 0.493 e. The number of nitrogens with zero attached hydrogens (tertiary/aromatic N) is 1. The Morgan fingerprint density at radius 3 is 2.72 bits per heavy atom. The van der Waals surface area contributed by atoms with Crippen molar-refractivity contribution < 1.29 is 19.1 Å². The van der Waals surface area contributed by atoms with Gasteiger partial charge in [0.25, 0.3) is 0 Å². The molecule has 0 aromatic heterocycles. The summed E-state index contributed by atoms with van der Waals surface area (Å²) in [7, 11) is 0. The number of rotatable bonds is 6. The molecule has 0 aliphatic carbocycles. The SMILES string of the molecule is O=C1COCC(CCC(=O)N2CCC(COc3ccccc3)CC2)N1. The van der Waals surface area contributed by atoms with Crippen molar-refractivity contribution in [3.05, 3.63) is 30.3 Å². The molecule has 2 heterocycles. The molecule has 1 atom stereocenters. The number of benzene rings is 1. The summed E-state index contributed by atoms with van der Waals surface area (Å²) in [5, 5.41) is 2.86. The van der Waals surface area contributed by atoms with Gasteiger partial charge in [-0.2, -0.15) is 0 Å². The van der Waals surface area contributed by atoms with E-state index in [4.69, 9.17) is 9.47 Å². The molecule has 1 aromatic carbocycles. The topological polar surface area (TPSA) is 67.9 Å². The molecule has 1 aromatic rings. The van der Waals surface area contributed by atoms with Gasteiger partial charge in [0, 0.05) is 19.5 Å². The third-order valence-corrected chi connectivity index (χ3v) is 4.82. The predicted molar refractivity (Wildman–Crippen MR) is 93.2 cm³/mol. The van der Waals surface area contributed by atoms with Crippen LogP contribution in [0.3, 0.4) is 0 Å². The van der Waals surface area contributed by atoms with Gasteiger partial charge in [0.15, 0.2) is 0 Å². The van der Waals surface area contributed by atoms with Gasteiger partial charge in [0.1, 0.15) is 12.4 Å². The molecule has 2 saturated heterocycles. The first-order valence-electron chi connectivity index (χ1n) is 9.03. The van der Waals surface area contributed by atoms with Crippen LogP contribution in [0.4, 0.5) is 0 Å². The maximum absolute atomic E-state index is 12.3.